The summed E-state index contributed by atoms with van der Waals surface area (Å²) < 4.78 is 28.1. The molecule has 0 aliphatic rings. The Bertz CT molecular complexity index is 395. The second kappa shape index (κ2) is 6.90. The van der Waals surface area contributed by atoms with Gasteiger partial charge in [0.2, 0.25) is 0 Å². The van der Waals surface area contributed by atoms with Gasteiger partial charge in [-0.2, -0.15) is 5.10 Å². The summed E-state index contributed by atoms with van der Waals surface area (Å²) >= 11 is 0. The number of hydrogen-bond acceptors (Lipinski definition) is 4. The average molecular weight is 262 g/mol. The van der Waals surface area contributed by atoms with Crippen LogP contribution in [0.2, 0.25) is 0 Å². The van der Waals surface area contributed by atoms with Crippen molar-refractivity contribution < 1.29 is 18.3 Å². The number of nitrogens with two attached hydrogens (primary N) is 1. The van der Waals surface area contributed by atoms with Crippen molar-refractivity contribution in [1.29, 1.82) is 0 Å². The van der Waals surface area contributed by atoms with Gasteiger partial charge in [-0.1, -0.05) is 6.92 Å². The van der Waals surface area contributed by atoms with E-state index in [-0.39, 0.29) is 18.8 Å². The highest BCUT2D eigenvalue weighted by molar-refractivity contribution is 5.97. The Kier molecular flexibility index (Phi) is 5.50. The Balaban J connectivity index is 2.34. The summed E-state index contributed by atoms with van der Waals surface area (Å²) in [5.41, 5.74) is 6.81. The van der Waals surface area contributed by atoms with E-state index in [9.17, 15) is 13.6 Å². The third-order valence-corrected chi connectivity index (χ3v) is 2.23. The number of alkyl halides is 2. The number of nitrogen functional groups attached to an aromatic ring is 1. The van der Waals surface area contributed by atoms with E-state index >= 15 is 0 Å². The number of rotatable bonds is 7. The zero-order valence-electron chi connectivity index (χ0n) is 10.0. The minimum absolute atomic E-state index is 0.0149. The number of aryl methyl sites for hydroxylation is 1. The molecule has 8 heteroatoms. The van der Waals surface area contributed by atoms with Crippen LogP contribution in [-0.4, -0.2) is 42.3 Å². The van der Waals surface area contributed by atoms with E-state index in [1.165, 1.54) is 0 Å². The molecular formula is C10H16F2N4O2. The summed E-state index contributed by atoms with van der Waals surface area (Å²) in [5, 5.41) is 8.93. The number of ether oxygens (including phenoxy) is 1. The number of carbonyl (C=O) groups excluding carboxylic acids is 1. The van der Waals surface area contributed by atoms with Gasteiger partial charge in [0.15, 0.2) is 5.69 Å². The van der Waals surface area contributed by atoms with Gasteiger partial charge in [0.1, 0.15) is 6.61 Å². The standard InChI is InChI=1S/C10H16F2N4O2/c1-2-6-8(13)9(16-15-6)10(17)14-3-4-18-5-7(11)12/h7H,2-5,13H2,1H3,(H,14,17)(H,15,16). The Morgan fingerprint density at radius 3 is 2.89 bits per heavy atom. The van der Waals surface area contributed by atoms with Gasteiger partial charge in [0.05, 0.1) is 18.0 Å². The molecule has 4 N–H and O–H groups in total. The first-order valence-electron chi connectivity index (χ1n) is 5.53. The van der Waals surface area contributed by atoms with Crippen molar-refractivity contribution >= 4 is 11.6 Å². The monoisotopic (exact) mass is 262 g/mol. The molecule has 0 aromatic carbocycles. The van der Waals surface area contributed by atoms with Crippen LogP contribution in [0.5, 0.6) is 0 Å². The molecule has 0 bridgehead atoms. The molecule has 0 saturated heterocycles. The zero-order valence-corrected chi connectivity index (χ0v) is 10.0. The lowest BCUT2D eigenvalue weighted by Gasteiger charge is -2.05. The second-order valence-corrected chi connectivity index (χ2v) is 3.54. The molecule has 18 heavy (non-hydrogen) atoms. The van der Waals surface area contributed by atoms with Gasteiger partial charge in [-0.05, 0) is 6.42 Å². The summed E-state index contributed by atoms with van der Waals surface area (Å²) in [6.45, 7) is 1.38. The van der Waals surface area contributed by atoms with Gasteiger partial charge >= 0.3 is 0 Å². The third-order valence-electron chi connectivity index (χ3n) is 2.23. The van der Waals surface area contributed by atoms with Crippen LogP contribution in [0, 0.1) is 0 Å². The van der Waals surface area contributed by atoms with Crippen molar-refractivity contribution in [3.05, 3.63) is 11.4 Å². The lowest BCUT2D eigenvalue weighted by atomic mass is 10.2. The van der Waals surface area contributed by atoms with E-state index < -0.39 is 18.9 Å². The molecule has 6 nitrogen and oxygen atoms in total. The molecule has 0 fully saturated rings. The number of halogens is 2. The molecule has 0 radical (unpaired) electrons. The van der Waals surface area contributed by atoms with E-state index in [0.717, 1.165) is 0 Å². The minimum atomic E-state index is -2.50. The van der Waals surface area contributed by atoms with E-state index in [1.807, 2.05) is 6.92 Å². The van der Waals surface area contributed by atoms with Gasteiger partial charge < -0.3 is 15.8 Å². The topological polar surface area (TPSA) is 93.0 Å². The molecule has 0 unspecified atom stereocenters. The fourth-order valence-electron chi connectivity index (χ4n) is 1.32. The predicted molar refractivity (Wildman–Crippen MR) is 61.5 cm³/mol. The maximum Gasteiger partial charge on any atom is 0.274 e. The minimum Gasteiger partial charge on any atom is -0.395 e. The Morgan fingerprint density at radius 1 is 1.61 bits per heavy atom. The molecule has 1 heterocycles. The van der Waals surface area contributed by atoms with Crippen LogP contribution in [0.25, 0.3) is 0 Å². The number of anilines is 1. The number of H-pyrrole nitrogens is 1. The molecule has 102 valence electrons. The van der Waals surface area contributed by atoms with Crippen LogP contribution in [0.15, 0.2) is 0 Å². The first kappa shape index (κ1) is 14.4. The van der Waals surface area contributed by atoms with Crippen LogP contribution >= 0.6 is 0 Å². The molecule has 0 aliphatic carbocycles. The van der Waals surface area contributed by atoms with Gasteiger partial charge in [0.25, 0.3) is 12.3 Å². The second-order valence-electron chi connectivity index (χ2n) is 3.54. The number of nitrogens with zero attached hydrogens (tertiary/aromatic N) is 1. The van der Waals surface area contributed by atoms with Crippen LogP contribution in [0.1, 0.15) is 23.1 Å². The molecule has 0 saturated carbocycles. The average Bonchev–Trinajstić information content (AvgIpc) is 2.69. The maximum atomic E-state index is 11.7. The number of nitrogens with one attached hydrogen (secondary N) is 2. The smallest absolute Gasteiger partial charge is 0.274 e. The van der Waals surface area contributed by atoms with E-state index in [4.69, 9.17) is 5.73 Å². The number of aromatic amines is 1. The van der Waals surface area contributed by atoms with Crippen molar-refractivity contribution in [3.63, 3.8) is 0 Å². The summed E-state index contributed by atoms with van der Waals surface area (Å²) in [6.07, 6.45) is -1.86. The largest absolute Gasteiger partial charge is 0.395 e. The summed E-state index contributed by atoms with van der Waals surface area (Å²) in [6, 6.07) is 0. The third kappa shape index (κ3) is 3.95. The number of aromatic nitrogens is 2. The van der Waals surface area contributed by atoms with Crippen molar-refractivity contribution in [1.82, 2.24) is 15.5 Å². The molecule has 1 aromatic heterocycles. The first-order valence-corrected chi connectivity index (χ1v) is 5.53. The predicted octanol–water partition coefficient (Wildman–Crippen LogP) is 0.566. The first-order chi connectivity index (χ1) is 8.56. The van der Waals surface area contributed by atoms with E-state index in [0.29, 0.717) is 17.8 Å². The Morgan fingerprint density at radius 2 is 2.33 bits per heavy atom. The van der Waals surface area contributed by atoms with E-state index in [1.54, 1.807) is 0 Å². The fourth-order valence-corrected chi connectivity index (χ4v) is 1.32. The van der Waals surface area contributed by atoms with Crippen molar-refractivity contribution in [2.45, 2.75) is 19.8 Å². The number of hydrogen-bond donors (Lipinski definition) is 3. The summed E-state index contributed by atoms with van der Waals surface area (Å²) in [7, 11) is 0. The molecule has 1 aromatic rings. The van der Waals surface area contributed by atoms with Gasteiger partial charge in [0, 0.05) is 6.54 Å². The Hall–Kier alpha value is -1.70. The highest BCUT2D eigenvalue weighted by atomic mass is 19.3. The van der Waals surface area contributed by atoms with Gasteiger partial charge in [-0.15, -0.1) is 0 Å². The lowest BCUT2D eigenvalue weighted by molar-refractivity contribution is 0.0188. The Labute approximate surface area is 103 Å². The van der Waals surface area contributed by atoms with Crippen LogP contribution < -0.4 is 11.1 Å². The zero-order chi connectivity index (χ0) is 13.5. The summed E-state index contributed by atoms with van der Waals surface area (Å²) in [5.74, 6) is -0.455. The highest BCUT2D eigenvalue weighted by Gasteiger charge is 2.15. The lowest BCUT2D eigenvalue weighted by Crippen LogP contribution is -2.28. The fraction of sp³-hybridized carbons (Fsp3) is 0.600. The molecule has 0 aliphatic heterocycles. The quantitative estimate of drug-likeness (QED) is 0.626. The van der Waals surface area contributed by atoms with Crippen molar-refractivity contribution in [3.8, 4) is 0 Å². The van der Waals surface area contributed by atoms with Crippen molar-refractivity contribution in [2.24, 2.45) is 0 Å². The molecule has 1 amide bonds. The van der Waals surface area contributed by atoms with Crippen LogP contribution in [-0.2, 0) is 11.2 Å². The summed E-state index contributed by atoms with van der Waals surface area (Å²) in [4.78, 5) is 11.6. The molecular weight excluding hydrogens is 246 g/mol. The van der Waals surface area contributed by atoms with Gasteiger partial charge in [-0.25, -0.2) is 8.78 Å². The molecule has 0 atom stereocenters. The van der Waals surface area contributed by atoms with Crippen LogP contribution in [0.4, 0.5) is 14.5 Å². The maximum absolute atomic E-state index is 11.7. The van der Waals surface area contributed by atoms with E-state index in [2.05, 4.69) is 20.3 Å². The normalized spacial score (nSPS) is 10.9. The van der Waals surface area contributed by atoms with Gasteiger partial charge in [-0.3, -0.25) is 9.89 Å². The molecule has 1 rings (SSSR count). The highest BCUT2D eigenvalue weighted by Crippen LogP contribution is 2.13. The number of amides is 1. The molecule has 0 spiro atoms. The van der Waals surface area contributed by atoms with Crippen LogP contribution in [0.3, 0.4) is 0 Å². The SMILES string of the molecule is CCc1[nH]nc(C(=O)NCCOCC(F)F)c1N. The number of carbonyl (C=O) groups is 1. The van der Waals surface area contributed by atoms with Crippen molar-refractivity contribution in [2.75, 3.05) is 25.5 Å².